The van der Waals surface area contributed by atoms with Crippen molar-refractivity contribution in [2.45, 2.75) is 26.7 Å². The second-order valence-corrected chi connectivity index (χ2v) is 1.56. The summed E-state index contributed by atoms with van der Waals surface area (Å²) in [5.41, 5.74) is 0. The minimum atomic E-state index is -0.0880. The molecule has 2 nitrogen and oxygen atoms in total. The summed E-state index contributed by atoms with van der Waals surface area (Å²) in [6.45, 7) is 4.27. The molecule has 0 radical (unpaired) electrons. The van der Waals surface area contributed by atoms with Gasteiger partial charge in [-0.05, 0) is 13.3 Å². The quantitative estimate of drug-likeness (QED) is 0.405. The van der Waals surface area contributed by atoms with Crippen LogP contribution in [-0.2, 0) is 9.53 Å². The molecule has 0 aromatic rings. The maximum absolute atomic E-state index is 10.4. The van der Waals surface area contributed by atoms with E-state index in [2.05, 4.69) is 4.74 Å². The molecule has 0 N–H and O–H groups in total. The molecule has 0 aliphatic rings. The SMILES string of the molecule is CCCC(=O)OCC.[AlH3].[LiH]. The number of rotatable bonds is 3. The van der Waals surface area contributed by atoms with Gasteiger partial charge in [0.15, 0.2) is 17.4 Å². The summed E-state index contributed by atoms with van der Waals surface area (Å²) in [5, 5.41) is 0. The standard InChI is InChI=1S/C6H12O2.Al.Li.4H/c1-3-5-6(7)8-4-2;;;;;;/h3-5H2,1-2H3;;;;;;. The van der Waals surface area contributed by atoms with Crippen molar-refractivity contribution in [1.29, 1.82) is 0 Å². The van der Waals surface area contributed by atoms with Crippen LogP contribution in [0.1, 0.15) is 26.7 Å². The normalized spacial score (nSPS) is 7.00. The van der Waals surface area contributed by atoms with E-state index in [1.54, 1.807) is 0 Å². The van der Waals surface area contributed by atoms with Crippen LogP contribution in [0, 0.1) is 0 Å². The Morgan fingerprint density at radius 1 is 1.40 bits per heavy atom. The van der Waals surface area contributed by atoms with E-state index in [1.807, 2.05) is 13.8 Å². The molecule has 0 bridgehead atoms. The number of hydrogen-bond acceptors (Lipinski definition) is 2. The van der Waals surface area contributed by atoms with Gasteiger partial charge in [-0.25, -0.2) is 0 Å². The van der Waals surface area contributed by atoms with Crippen molar-refractivity contribution in [3.63, 3.8) is 0 Å². The molecule has 0 fully saturated rings. The van der Waals surface area contributed by atoms with Gasteiger partial charge in [0.2, 0.25) is 0 Å². The van der Waals surface area contributed by atoms with Crippen molar-refractivity contribution in [2.75, 3.05) is 6.61 Å². The first-order valence-electron chi connectivity index (χ1n) is 2.96. The van der Waals surface area contributed by atoms with Crippen LogP contribution < -0.4 is 0 Å². The van der Waals surface area contributed by atoms with Crippen molar-refractivity contribution in [1.82, 2.24) is 0 Å². The fourth-order valence-corrected chi connectivity index (χ4v) is 0.437. The number of esters is 1. The van der Waals surface area contributed by atoms with E-state index >= 15 is 0 Å². The summed E-state index contributed by atoms with van der Waals surface area (Å²) in [6, 6.07) is 0. The van der Waals surface area contributed by atoms with Gasteiger partial charge in [-0.3, -0.25) is 4.79 Å². The Balaban J connectivity index is -0.000000245. The molecule has 0 amide bonds. The minimum absolute atomic E-state index is 0. The first-order valence-corrected chi connectivity index (χ1v) is 2.96. The van der Waals surface area contributed by atoms with Gasteiger partial charge in [0.1, 0.15) is 0 Å². The zero-order valence-corrected chi connectivity index (χ0v) is 5.44. The zero-order valence-electron chi connectivity index (χ0n) is 5.44. The van der Waals surface area contributed by atoms with Gasteiger partial charge in [0, 0.05) is 6.42 Å². The summed E-state index contributed by atoms with van der Waals surface area (Å²) < 4.78 is 4.64. The molecule has 10 heavy (non-hydrogen) atoms. The van der Waals surface area contributed by atoms with E-state index in [0.717, 1.165) is 6.42 Å². The number of carbonyl (C=O) groups excluding carboxylic acids is 1. The van der Waals surface area contributed by atoms with E-state index in [-0.39, 0.29) is 42.2 Å². The number of hydrogen-bond donors (Lipinski definition) is 0. The predicted molar refractivity (Wildman–Crippen MR) is 48.6 cm³/mol. The Kier molecular flexibility index (Phi) is 20.8. The van der Waals surface area contributed by atoms with Crippen LogP contribution in [0.5, 0.6) is 0 Å². The molecule has 0 aromatic carbocycles. The number of ether oxygens (including phenoxy) is 1. The van der Waals surface area contributed by atoms with Gasteiger partial charge in [0.25, 0.3) is 0 Å². The van der Waals surface area contributed by atoms with Crippen LogP contribution in [0.25, 0.3) is 0 Å². The van der Waals surface area contributed by atoms with Crippen LogP contribution in [0.2, 0.25) is 0 Å². The average Bonchev–Trinajstić information content (AvgIpc) is 1.68. The van der Waals surface area contributed by atoms with Crippen LogP contribution in [0.15, 0.2) is 0 Å². The maximum atomic E-state index is 10.4. The Labute approximate surface area is 85.0 Å². The third kappa shape index (κ3) is 11.4. The third-order valence-electron chi connectivity index (χ3n) is 0.759. The van der Waals surface area contributed by atoms with Gasteiger partial charge < -0.3 is 4.74 Å². The zero-order chi connectivity index (χ0) is 6.41. The molecule has 0 unspecified atom stereocenters. The van der Waals surface area contributed by atoms with E-state index in [1.165, 1.54) is 0 Å². The second kappa shape index (κ2) is 12.3. The first-order chi connectivity index (χ1) is 3.81. The topological polar surface area (TPSA) is 26.3 Å². The van der Waals surface area contributed by atoms with Crippen molar-refractivity contribution < 1.29 is 9.53 Å². The van der Waals surface area contributed by atoms with E-state index in [4.69, 9.17) is 0 Å². The van der Waals surface area contributed by atoms with Crippen LogP contribution in [0.3, 0.4) is 0 Å². The van der Waals surface area contributed by atoms with Crippen molar-refractivity contribution >= 4 is 42.2 Å². The molecular weight excluding hydrogens is 138 g/mol. The molecular formula is C6H16AlLiO2. The predicted octanol–water partition coefficient (Wildman–Crippen LogP) is -0.483. The summed E-state index contributed by atoms with van der Waals surface area (Å²) in [6.07, 6.45) is 1.42. The van der Waals surface area contributed by atoms with Crippen LogP contribution in [-0.4, -0.2) is 48.8 Å². The molecule has 0 heterocycles. The Hall–Kier alpha value is 0.600. The summed E-state index contributed by atoms with van der Waals surface area (Å²) in [4.78, 5) is 10.4. The summed E-state index contributed by atoms with van der Waals surface area (Å²) >= 11 is 0. The van der Waals surface area contributed by atoms with Gasteiger partial charge in [-0.15, -0.1) is 0 Å². The van der Waals surface area contributed by atoms with Gasteiger partial charge in [0.05, 0.1) is 6.61 Å². The van der Waals surface area contributed by atoms with Gasteiger partial charge in [-0.2, -0.15) is 0 Å². The fourth-order valence-electron chi connectivity index (χ4n) is 0.437. The van der Waals surface area contributed by atoms with Gasteiger partial charge in [-0.1, -0.05) is 6.92 Å². The average molecular weight is 154 g/mol. The molecule has 0 atom stereocenters. The molecule has 0 aliphatic carbocycles. The van der Waals surface area contributed by atoms with E-state index < -0.39 is 0 Å². The van der Waals surface area contributed by atoms with Crippen LogP contribution >= 0.6 is 0 Å². The number of carbonyl (C=O) groups is 1. The molecule has 56 valence electrons. The van der Waals surface area contributed by atoms with Crippen molar-refractivity contribution in [2.24, 2.45) is 0 Å². The molecule has 0 spiro atoms. The Bertz CT molecular complexity index is 70.1. The van der Waals surface area contributed by atoms with Crippen molar-refractivity contribution in [3.05, 3.63) is 0 Å². The van der Waals surface area contributed by atoms with E-state index in [9.17, 15) is 4.79 Å². The monoisotopic (exact) mass is 154 g/mol. The molecule has 4 heteroatoms. The molecule has 0 rings (SSSR count). The van der Waals surface area contributed by atoms with Crippen LogP contribution in [0.4, 0.5) is 0 Å². The summed E-state index contributed by atoms with van der Waals surface area (Å²) in [7, 11) is 0. The van der Waals surface area contributed by atoms with Crippen molar-refractivity contribution in [3.8, 4) is 0 Å². The molecule has 0 aliphatic heterocycles. The Morgan fingerprint density at radius 2 is 1.90 bits per heavy atom. The summed E-state index contributed by atoms with van der Waals surface area (Å²) in [5.74, 6) is -0.0880. The molecule has 0 aromatic heterocycles. The third-order valence-corrected chi connectivity index (χ3v) is 0.759. The van der Waals surface area contributed by atoms with E-state index in [0.29, 0.717) is 13.0 Å². The first kappa shape index (κ1) is 16.9. The fraction of sp³-hybridized carbons (Fsp3) is 0.833. The molecule has 0 saturated heterocycles. The Morgan fingerprint density at radius 3 is 2.20 bits per heavy atom. The van der Waals surface area contributed by atoms with Gasteiger partial charge >= 0.3 is 24.8 Å². The molecule has 0 saturated carbocycles. The second-order valence-electron chi connectivity index (χ2n) is 1.56.